The van der Waals surface area contributed by atoms with Gasteiger partial charge in [0, 0.05) is 11.2 Å². The first kappa shape index (κ1) is 23.8. The maximum Gasteiger partial charge on any atom is 2.00 e. The molecule has 0 aliphatic heterocycles. The van der Waals surface area contributed by atoms with E-state index in [-0.39, 0.29) is 51.2 Å². The van der Waals surface area contributed by atoms with Crippen molar-refractivity contribution in [3.8, 4) is 0 Å². The third kappa shape index (κ3) is 318. The molecule has 0 aromatic rings. The molecular formula is H4CaO6S5. The van der Waals surface area contributed by atoms with Crippen molar-refractivity contribution in [3.63, 3.8) is 0 Å². The van der Waals surface area contributed by atoms with Crippen LogP contribution in [0.2, 0.25) is 0 Å². The Morgan fingerprint density at radius 3 is 1.08 bits per heavy atom. The van der Waals surface area contributed by atoms with Gasteiger partial charge in [-0.2, -0.15) is 17.7 Å². The van der Waals surface area contributed by atoms with Crippen LogP contribution in [0.3, 0.4) is 0 Å². The Bertz CT molecular complexity index is 212. The molecule has 2 N–H and O–H groups in total. The monoisotopic (exact) mass is 300 g/mol. The van der Waals surface area contributed by atoms with Crippen molar-refractivity contribution in [3.05, 3.63) is 0 Å². The fraction of sp³-hybridized carbons (Fsp3) is 0. The standard InChI is InChI=1S/Ca.2H2O3S2.H2S/c;2*1-5(2,3)4;/h;2*(H2,1,2,3,4);1H2/q+2;;;/p-2. The van der Waals surface area contributed by atoms with E-state index in [2.05, 4.69) is 22.4 Å². The molecule has 0 rings (SSSR count). The van der Waals surface area contributed by atoms with Gasteiger partial charge in [0.05, 0.1) is 0 Å². The van der Waals surface area contributed by atoms with Crippen LogP contribution < -0.4 is 0 Å². The van der Waals surface area contributed by atoms with Gasteiger partial charge in [-0.05, 0) is 11.2 Å². The van der Waals surface area contributed by atoms with Crippen LogP contribution >= 0.6 is 13.5 Å². The normalized spacial score (nSPS) is 9.67. The molecule has 0 aromatic heterocycles. The van der Waals surface area contributed by atoms with Crippen molar-refractivity contribution in [1.82, 2.24) is 0 Å². The first-order chi connectivity index (χ1) is 4.00. The molecule has 0 unspecified atom stereocenters. The van der Waals surface area contributed by atoms with E-state index < -0.39 is 18.1 Å². The number of hydrogen-bond acceptors (Lipinski definition) is 6. The second-order valence-corrected chi connectivity index (χ2v) is 5.10. The van der Waals surface area contributed by atoms with Crippen LogP contribution in [-0.2, 0) is 40.5 Å². The van der Waals surface area contributed by atoms with Crippen molar-refractivity contribution in [1.29, 1.82) is 0 Å². The predicted octanol–water partition coefficient (Wildman–Crippen LogP) is -1.60. The quantitative estimate of drug-likeness (QED) is 0.513. The molecule has 0 saturated heterocycles. The smallest absolute Gasteiger partial charge is 0.780 e. The van der Waals surface area contributed by atoms with E-state index in [9.17, 15) is 0 Å². The fourth-order valence-corrected chi connectivity index (χ4v) is 0. The molecule has 0 aliphatic rings. The van der Waals surface area contributed by atoms with Crippen LogP contribution in [0.15, 0.2) is 0 Å². The van der Waals surface area contributed by atoms with Gasteiger partial charge in [-0.15, -0.1) is 9.05 Å². The Kier molecular flexibility index (Phi) is 19.3. The molecule has 0 saturated carbocycles. The maximum atomic E-state index is 9.11. The summed E-state index contributed by atoms with van der Waals surface area (Å²) in [4.78, 5) is 0. The van der Waals surface area contributed by atoms with Crippen LogP contribution in [0, 0.1) is 0 Å². The van der Waals surface area contributed by atoms with Gasteiger partial charge >= 0.3 is 37.7 Å². The van der Waals surface area contributed by atoms with Crippen molar-refractivity contribution >= 4 is 91.7 Å². The summed E-state index contributed by atoms with van der Waals surface area (Å²) >= 11 is 6.71. The first-order valence-corrected chi connectivity index (χ1v) is 6.10. The van der Waals surface area contributed by atoms with Crippen LogP contribution in [0.4, 0.5) is 0 Å². The topological polar surface area (TPSA) is 121 Å². The maximum absolute atomic E-state index is 9.11. The molecule has 0 bridgehead atoms. The van der Waals surface area contributed by atoms with Crippen molar-refractivity contribution in [2.24, 2.45) is 0 Å². The Labute approximate surface area is 117 Å². The first-order valence-electron chi connectivity index (χ1n) is 1.37. The van der Waals surface area contributed by atoms with Crippen LogP contribution in [0.5, 0.6) is 0 Å². The van der Waals surface area contributed by atoms with Crippen LogP contribution in [0.1, 0.15) is 0 Å². The predicted molar refractivity (Wildman–Crippen MR) is 54.0 cm³/mol. The molecule has 0 spiro atoms. The van der Waals surface area contributed by atoms with Crippen LogP contribution in [0.25, 0.3) is 0 Å². The SMILES string of the molecule is O=S(O)(O)=S.O=S([O-])([O-])=S.S.[Ca+2]. The molecule has 72 valence electrons. The molecule has 0 heterocycles. The molecular weight excluding hydrogens is 296 g/mol. The largest absolute Gasteiger partial charge is 2.00 e. The minimum Gasteiger partial charge on any atom is -0.780 e. The average molecular weight is 300 g/mol. The summed E-state index contributed by atoms with van der Waals surface area (Å²) in [7, 11) is -8.17. The minimum atomic E-state index is -4.33. The van der Waals surface area contributed by atoms with Gasteiger partial charge in [-0.1, -0.05) is 0 Å². The summed E-state index contributed by atoms with van der Waals surface area (Å²) in [5, 5.41) is 0. The number of hydrogen-bond donors (Lipinski definition) is 2. The molecule has 0 aromatic carbocycles. The molecule has 12 heavy (non-hydrogen) atoms. The zero-order chi connectivity index (χ0) is 9.00. The second-order valence-electron chi connectivity index (χ2n) is 0.856. The van der Waals surface area contributed by atoms with E-state index in [4.69, 9.17) is 26.6 Å². The summed E-state index contributed by atoms with van der Waals surface area (Å²) in [6.07, 6.45) is 0. The minimum absolute atomic E-state index is 0. The molecule has 0 radical (unpaired) electrons. The Morgan fingerprint density at radius 2 is 1.08 bits per heavy atom. The summed E-state index contributed by atoms with van der Waals surface area (Å²) in [5.41, 5.74) is 0. The van der Waals surface area contributed by atoms with Crippen molar-refractivity contribution in [2.75, 3.05) is 0 Å². The van der Waals surface area contributed by atoms with E-state index >= 15 is 0 Å². The van der Waals surface area contributed by atoms with E-state index in [0.29, 0.717) is 0 Å². The van der Waals surface area contributed by atoms with E-state index in [0.717, 1.165) is 0 Å². The van der Waals surface area contributed by atoms with Gasteiger partial charge in [0.2, 0.25) is 0 Å². The van der Waals surface area contributed by atoms with Crippen LogP contribution in [-0.4, -0.2) is 64.4 Å². The Hall–Kier alpha value is 2.19. The van der Waals surface area contributed by atoms with Gasteiger partial charge < -0.3 is 9.11 Å². The van der Waals surface area contributed by atoms with E-state index in [1.807, 2.05) is 0 Å². The van der Waals surface area contributed by atoms with Gasteiger partial charge in [0.1, 0.15) is 0 Å². The van der Waals surface area contributed by atoms with Gasteiger partial charge in [-0.25, -0.2) is 0 Å². The number of rotatable bonds is 0. The average Bonchev–Trinajstić information content (AvgIpc) is 1.12. The third-order valence-corrected chi connectivity index (χ3v) is 0. The molecule has 0 aliphatic carbocycles. The van der Waals surface area contributed by atoms with Crippen molar-refractivity contribution < 1.29 is 26.6 Å². The van der Waals surface area contributed by atoms with Crippen molar-refractivity contribution in [2.45, 2.75) is 0 Å². The molecule has 0 atom stereocenters. The van der Waals surface area contributed by atoms with Gasteiger partial charge in [0.15, 0.2) is 0 Å². The zero-order valence-electron chi connectivity index (χ0n) is 5.37. The Morgan fingerprint density at radius 1 is 1.08 bits per heavy atom. The summed E-state index contributed by atoms with van der Waals surface area (Å²) < 4.78 is 50.6. The molecule has 0 fully saturated rings. The molecule has 6 nitrogen and oxygen atoms in total. The Balaban J connectivity index is -0.0000000457. The van der Waals surface area contributed by atoms with Gasteiger partial charge in [0.25, 0.3) is 9.05 Å². The van der Waals surface area contributed by atoms with E-state index in [1.54, 1.807) is 0 Å². The molecule has 0 amide bonds. The van der Waals surface area contributed by atoms with E-state index in [1.165, 1.54) is 0 Å². The summed E-state index contributed by atoms with van der Waals surface area (Å²) in [6.45, 7) is 0. The second kappa shape index (κ2) is 9.73. The summed E-state index contributed by atoms with van der Waals surface area (Å²) in [5.74, 6) is 0. The summed E-state index contributed by atoms with van der Waals surface area (Å²) in [6, 6.07) is 0. The zero-order valence-corrected chi connectivity index (χ0v) is 11.8. The van der Waals surface area contributed by atoms with Gasteiger partial charge in [-0.3, -0.25) is 13.3 Å². The third-order valence-electron chi connectivity index (χ3n) is 0. The molecule has 12 heteroatoms. The fourth-order valence-electron chi connectivity index (χ4n) is 0.